The van der Waals surface area contributed by atoms with Crippen LogP contribution in [-0.4, -0.2) is 5.97 Å². The fourth-order valence-corrected chi connectivity index (χ4v) is 3.16. The van der Waals surface area contributed by atoms with Crippen molar-refractivity contribution in [3.63, 3.8) is 0 Å². The van der Waals surface area contributed by atoms with Crippen LogP contribution in [-0.2, 0) is 11.2 Å². The smallest absolute Gasteiger partial charge is 0.550 e. The number of rotatable bonds is 11. The fraction of sp³-hybridized carbons (Fsp3) is 0.476. The largest absolute Gasteiger partial charge is 1.00 e. The van der Waals surface area contributed by atoms with Crippen LogP contribution >= 0.6 is 0 Å². The van der Waals surface area contributed by atoms with Gasteiger partial charge in [0.15, 0.2) is 0 Å². The standard InChI is InChI=1S/C21H28O2.Na/c22-21(23)17-8-6-4-2-1-3-5-7-12-18-14-11-15-19-13-9-10-16-20(18)19;/h9-11,13-16H,1-8,12,17H2,(H,22,23);/q;+1/p-1. The van der Waals surface area contributed by atoms with Gasteiger partial charge in [-0.2, -0.15) is 0 Å². The topological polar surface area (TPSA) is 40.1 Å². The van der Waals surface area contributed by atoms with Gasteiger partial charge in [0.2, 0.25) is 0 Å². The van der Waals surface area contributed by atoms with Crippen LogP contribution < -0.4 is 34.7 Å². The number of hydrogen-bond acceptors (Lipinski definition) is 2. The van der Waals surface area contributed by atoms with Crippen LogP contribution in [0.5, 0.6) is 0 Å². The first-order valence-electron chi connectivity index (χ1n) is 8.94. The molecule has 2 aromatic carbocycles. The summed E-state index contributed by atoms with van der Waals surface area (Å²) < 4.78 is 0. The first-order valence-corrected chi connectivity index (χ1v) is 8.94. The summed E-state index contributed by atoms with van der Waals surface area (Å²) in [4.78, 5) is 10.3. The number of hydrogen-bond donors (Lipinski definition) is 0. The maximum absolute atomic E-state index is 10.3. The molecular formula is C21H27NaO2. The number of carbonyl (C=O) groups is 1. The van der Waals surface area contributed by atoms with Crippen LogP contribution in [0, 0.1) is 0 Å². The van der Waals surface area contributed by atoms with Crippen LogP contribution in [0.25, 0.3) is 10.8 Å². The average Bonchev–Trinajstić information content (AvgIpc) is 2.56. The predicted octanol–water partition coefficient (Wildman–Crippen LogP) is 1.65. The molecule has 0 bridgehead atoms. The molecule has 0 heterocycles. The van der Waals surface area contributed by atoms with E-state index in [1.165, 1.54) is 48.4 Å². The molecule has 24 heavy (non-hydrogen) atoms. The van der Waals surface area contributed by atoms with Crippen molar-refractivity contribution in [1.29, 1.82) is 0 Å². The molecule has 3 heteroatoms. The van der Waals surface area contributed by atoms with Crippen molar-refractivity contribution in [3.8, 4) is 0 Å². The van der Waals surface area contributed by atoms with Crippen molar-refractivity contribution in [1.82, 2.24) is 0 Å². The summed E-state index contributed by atoms with van der Waals surface area (Å²) in [6.07, 6.45) is 10.6. The monoisotopic (exact) mass is 334 g/mol. The molecule has 0 saturated heterocycles. The van der Waals surface area contributed by atoms with E-state index in [-0.39, 0.29) is 36.0 Å². The number of aliphatic carboxylic acids is 1. The fourth-order valence-electron chi connectivity index (χ4n) is 3.16. The number of fused-ring (bicyclic) bond motifs is 1. The number of aryl methyl sites for hydroxylation is 1. The number of carboxylic acids is 1. The van der Waals surface area contributed by atoms with Gasteiger partial charge in [0.05, 0.1) is 0 Å². The second-order valence-corrected chi connectivity index (χ2v) is 6.34. The number of unbranched alkanes of at least 4 members (excludes halogenated alkanes) is 7. The molecule has 2 rings (SSSR count). The molecule has 0 N–H and O–H groups in total. The van der Waals surface area contributed by atoms with Crippen LogP contribution in [0.4, 0.5) is 0 Å². The molecule has 0 aliphatic carbocycles. The summed E-state index contributed by atoms with van der Waals surface area (Å²) in [5.41, 5.74) is 1.46. The second-order valence-electron chi connectivity index (χ2n) is 6.34. The Kier molecular flexibility index (Phi) is 11.1. The van der Waals surface area contributed by atoms with Gasteiger partial charge in [0, 0.05) is 5.97 Å². The molecule has 124 valence electrons. The summed E-state index contributed by atoms with van der Waals surface area (Å²) >= 11 is 0. The normalized spacial score (nSPS) is 10.5. The van der Waals surface area contributed by atoms with E-state index in [9.17, 15) is 9.90 Å². The Morgan fingerprint density at radius 2 is 1.33 bits per heavy atom. The van der Waals surface area contributed by atoms with Crippen molar-refractivity contribution < 1.29 is 39.5 Å². The van der Waals surface area contributed by atoms with E-state index in [0.717, 1.165) is 25.7 Å². The maximum Gasteiger partial charge on any atom is 1.00 e. The van der Waals surface area contributed by atoms with E-state index < -0.39 is 5.97 Å². The third-order valence-electron chi connectivity index (χ3n) is 4.46. The second kappa shape index (κ2) is 12.5. The Hall–Kier alpha value is -0.830. The van der Waals surface area contributed by atoms with Crippen molar-refractivity contribution in [3.05, 3.63) is 48.0 Å². The maximum atomic E-state index is 10.3. The Morgan fingerprint density at radius 1 is 0.750 bits per heavy atom. The van der Waals surface area contributed by atoms with Gasteiger partial charge in [-0.25, -0.2) is 0 Å². The van der Waals surface area contributed by atoms with Gasteiger partial charge in [-0.3, -0.25) is 0 Å². The van der Waals surface area contributed by atoms with E-state index in [0.29, 0.717) is 0 Å². The first-order chi connectivity index (χ1) is 11.3. The molecule has 0 aliphatic heterocycles. The van der Waals surface area contributed by atoms with E-state index in [4.69, 9.17) is 0 Å². The third kappa shape index (κ3) is 7.83. The minimum Gasteiger partial charge on any atom is -0.550 e. The zero-order valence-electron chi connectivity index (χ0n) is 14.9. The molecule has 0 unspecified atom stereocenters. The van der Waals surface area contributed by atoms with Crippen LogP contribution in [0.15, 0.2) is 42.5 Å². The molecule has 0 radical (unpaired) electrons. The molecule has 2 nitrogen and oxygen atoms in total. The van der Waals surface area contributed by atoms with E-state index in [1.807, 2.05) is 0 Å². The van der Waals surface area contributed by atoms with E-state index >= 15 is 0 Å². The van der Waals surface area contributed by atoms with Crippen molar-refractivity contribution in [2.75, 3.05) is 0 Å². The van der Waals surface area contributed by atoms with Gasteiger partial charge in [-0.05, 0) is 42.0 Å². The van der Waals surface area contributed by atoms with Gasteiger partial charge in [-0.1, -0.05) is 81.0 Å². The van der Waals surface area contributed by atoms with Crippen LogP contribution in [0.3, 0.4) is 0 Å². The minimum absolute atomic E-state index is 0. The predicted molar refractivity (Wildman–Crippen MR) is 94.2 cm³/mol. The van der Waals surface area contributed by atoms with Gasteiger partial charge < -0.3 is 9.90 Å². The van der Waals surface area contributed by atoms with Crippen molar-refractivity contribution in [2.45, 2.75) is 64.2 Å². The van der Waals surface area contributed by atoms with Gasteiger partial charge >= 0.3 is 29.6 Å². The van der Waals surface area contributed by atoms with Crippen LogP contribution in [0.2, 0.25) is 0 Å². The Labute approximate surface area is 167 Å². The minimum atomic E-state index is -0.918. The molecule has 0 atom stereocenters. The summed E-state index contributed by atoms with van der Waals surface area (Å²) in [6, 6.07) is 15.2. The molecule has 0 aliphatic rings. The zero-order valence-corrected chi connectivity index (χ0v) is 16.9. The Balaban J connectivity index is 0.00000288. The number of benzene rings is 2. The van der Waals surface area contributed by atoms with Crippen LogP contribution in [0.1, 0.15) is 63.4 Å². The summed E-state index contributed by atoms with van der Waals surface area (Å²) in [5.74, 6) is -0.918. The molecule has 0 fully saturated rings. The molecular weight excluding hydrogens is 307 g/mol. The molecule has 0 spiro atoms. The first kappa shape index (κ1) is 21.2. The van der Waals surface area contributed by atoms with Gasteiger partial charge in [-0.15, -0.1) is 0 Å². The number of carbonyl (C=O) groups excluding carboxylic acids is 1. The zero-order chi connectivity index (χ0) is 16.3. The van der Waals surface area contributed by atoms with E-state index in [2.05, 4.69) is 42.5 Å². The van der Waals surface area contributed by atoms with Crippen molar-refractivity contribution in [2.24, 2.45) is 0 Å². The Morgan fingerprint density at radius 3 is 2.04 bits per heavy atom. The molecule has 0 aromatic heterocycles. The average molecular weight is 334 g/mol. The van der Waals surface area contributed by atoms with Crippen molar-refractivity contribution >= 4 is 16.7 Å². The Bertz CT molecular complexity index is 604. The summed E-state index contributed by atoms with van der Waals surface area (Å²) in [6.45, 7) is 0. The molecule has 2 aromatic rings. The third-order valence-corrected chi connectivity index (χ3v) is 4.46. The molecule has 0 amide bonds. The molecule has 0 saturated carbocycles. The SMILES string of the molecule is O=C([O-])CCCCCCCCCCc1cccc2ccccc12.[Na+]. The quantitative estimate of drug-likeness (QED) is 0.463. The van der Waals surface area contributed by atoms with Gasteiger partial charge in [0.1, 0.15) is 0 Å². The summed E-state index contributed by atoms with van der Waals surface area (Å²) in [7, 11) is 0. The van der Waals surface area contributed by atoms with Gasteiger partial charge in [0.25, 0.3) is 0 Å². The van der Waals surface area contributed by atoms with E-state index in [1.54, 1.807) is 0 Å². The summed E-state index contributed by atoms with van der Waals surface area (Å²) in [5, 5.41) is 13.0. The number of carboxylic acid groups (broad SMARTS) is 1.